The minimum Gasteiger partial charge on any atom is -0.320 e. The van der Waals surface area contributed by atoms with Crippen molar-refractivity contribution >= 4 is 29.0 Å². The molecule has 0 atom stereocenters. The first-order chi connectivity index (χ1) is 13.3. The van der Waals surface area contributed by atoms with Crippen LogP contribution in [0.25, 0.3) is 5.69 Å². The number of benzene rings is 2. The SMILES string of the molecule is Cc1ccc(NC(=O)CSc2nccn2-c2ccc(C)c(C)c2)c([N+](=O)[O-])c1. The molecular formula is C20H20N4O3S. The summed E-state index contributed by atoms with van der Waals surface area (Å²) >= 11 is 1.27. The van der Waals surface area contributed by atoms with Gasteiger partial charge in [-0.3, -0.25) is 19.5 Å². The van der Waals surface area contributed by atoms with Gasteiger partial charge in [0.2, 0.25) is 5.91 Å². The molecule has 8 heteroatoms. The lowest BCUT2D eigenvalue weighted by Gasteiger charge is -2.10. The second-order valence-electron chi connectivity index (χ2n) is 6.46. The molecule has 1 amide bonds. The van der Waals surface area contributed by atoms with Gasteiger partial charge >= 0.3 is 0 Å². The number of amides is 1. The van der Waals surface area contributed by atoms with Gasteiger partial charge in [-0.15, -0.1) is 0 Å². The van der Waals surface area contributed by atoms with Crippen LogP contribution in [0.4, 0.5) is 11.4 Å². The molecular weight excluding hydrogens is 376 g/mol. The summed E-state index contributed by atoms with van der Waals surface area (Å²) in [4.78, 5) is 27.3. The summed E-state index contributed by atoms with van der Waals surface area (Å²) in [5.74, 6) is -0.237. The fourth-order valence-corrected chi connectivity index (χ4v) is 3.46. The lowest BCUT2D eigenvalue weighted by Crippen LogP contribution is -2.15. The van der Waals surface area contributed by atoms with Crippen molar-refractivity contribution in [3.63, 3.8) is 0 Å². The average molecular weight is 396 g/mol. The van der Waals surface area contributed by atoms with E-state index >= 15 is 0 Å². The molecule has 1 aromatic heterocycles. The van der Waals surface area contributed by atoms with Gasteiger partial charge in [0, 0.05) is 24.1 Å². The Labute approximate surface area is 166 Å². The fourth-order valence-electron chi connectivity index (χ4n) is 2.68. The number of carbonyl (C=O) groups is 1. The Morgan fingerprint density at radius 2 is 1.96 bits per heavy atom. The molecule has 0 aliphatic rings. The van der Waals surface area contributed by atoms with Crippen molar-refractivity contribution in [1.29, 1.82) is 0 Å². The number of thioether (sulfide) groups is 1. The third-order valence-electron chi connectivity index (χ3n) is 4.33. The number of rotatable bonds is 6. The first-order valence-electron chi connectivity index (χ1n) is 8.64. The number of aromatic nitrogens is 2. The molecule has 3 rings (SSSR count). The smallest absolute Gasteiger partial charge is 0.293 e. The van der Waals surface area contributed by atoms with Gasteiger partial charge < -0.3 is 5.32 Å². The molecule has 3 aromatic rings. The zero-order valence-electron chi connectivity index (χ0n) is 15.8. The quantitative estimate of drug-likeness (QED) is 0.378. The molecule has 0 aliphatic heterocycles. The van der Waals surface area contributed by atoms with E-state index in [4.69, 9.17) is 0 Å². The Morgan fingerprint density at radius 3 is 2.68 bits per heavy atom. The Morgan fingerprint density at radius 1 is 1.18 bits per heavy atom. The van der Waals surface area contributed by atoms with Gasteiger partial charge in [-0.25, -0.2) is 4.98 Å². The topological polar surface area (TPSA) is 90.1 Å². The molecule has 7 nitrogen and oxygen atoms in total. The monoisotopic (exact) mass is 396 g/mol. The van der Waals surface area contributed by atoms with Gasteiger partial charge in [-0.2, -0.15) is 0 Å². The number of nitro benzene ring substituents is 1. The number of anilines is 1. The van der Waals surface area contributed by atoms with Crippen LogP contribution in [0.1, 0.15) is 16.7 Å². The predicted molar refractivity (Wildman–Crippen MR) is 110 cm³/mol. The Hall–Kier alpha value is -3.13. The van der Waals surface area contributed by atoms with E-state index in [1.165, 1.54) is 29.0 Å². The highest BCUT2D eigenvalue weighted by atomic mass is 32.2. The molecule has 144 valence electrons. The van der Waals surface area contributed by atoms with Gasteiger partial charge in [0.25, 0.3) is 5.69 Å². The molecule has 0 saturated heterocycles. The zero-order chi connectivity index (χ0) is 20.3. The lowest BCUT2D eigenvalue weighted by atomic mass is 10.1. The second kappa shape index (κ2) is 8.26. The molecule has 0 unspecified atom stereocenters. The standard InChI is InChI=1S/C20H20N4O3S/c1-13-4-7-17(18(10-13)24(26)27)22-19(25)12-28-20-21-8-9-23(20)16-6-5-14(2)15(3)11-16/h4-11H,12H2,1-3H3,(H,22,25). The van der Waals surface area contributed by atoms with E-state index in [0.29, 0.717) is 5.16 Å². The number of nitro groups is 1. The van der Waals surface area contributed by atoms with Gasteiger partial charge in [0.1, 0.15) is 5.69 Å². The predicted octanol–water partition coefficient (Wildman–Crippen LogP) is 4.44. The number of hydrogen-bond acceptors (Lipinski definition) is 5. The van der Waals surface area contributed by atoms with Crippen molar-refractivity contribution in [3.05, 3.63) is 75.6 Å². The van der Waals surface area contributed by atoms with Crippen molar-refractivity contribution in [2.75, 3.05) is 11.1 Å². The van der Waals surface area contributed by atoms with Gasteiger partial charge in [0.05, 0.1) is 10.7 Å². The van der Waals surface area contributed by atoms with Crippen molar-refractivity contribution in [2.45, 2.75) is 25.9 Å². The Balaban J connectivity index is 1.70. The van der Waals surface area contributed by atoms with Crippen LogP contribution in [-0.4, -0.2) is 26.1 Å². The van der Waals surface area contributed by atoms with E-state index in [2.05, 4.69) is 23.3 Å². The molecule has 0 aliphatic carbocycles. The maximum absolute atomic E-state index is 12.3. The summed E-state index contributed by atoms with van der Waals surface area (Å²) in [6.45, 7) is 5.86. The first kappa shape index (κ1) is 19.6. The molecule has 0 bridgehead atoms. The number of nitrogens with zero attached hydrogens (tertiary/aromatic N) is 3. The number of aryl methyl sites for hydroxylation is 3. The van der Waals surface area contributed by atoms with E-state index in [-0.39, 0.29) is 23.0 Å². The summed E-state index contributed by atoms with van der Waals surface area (Å²) in [7, 11) is 0. The van der Waals surface area contributed by atoms with Crippen LogP contribution in [0.2, 0.25) is 0 Å². The van der Waals surface area contributed by atoms with Crippen molar-refractivity contribution < 1.29 is 9.72 Å². The van der Waals surface area contributed by atoms with Crippen LogP contribution in [-0.2, 0) is 4.79 Å². The van der Waals surface area contributed by atoms with E-state index in [0.717, 1.165) is 11.3 Å². The third-order valence-corrected chi connectivity index (χ3v) is 5.30. The summed E-state index contributed by atoms with van der Waals surface area (Å²) < 4.78 is 1.92. The van der Waals surface area contributed by atoms with Crippen LogP contribution in [0.5, 0.6) is 0 Å². The maximum Gasteiger partial charge on any atom is 0.293 e. The Kier molecular flexibility index (Phi) is 5.79. The van der Waals surface area contributed by atoms with Crippen molar-refractivity contribution in [2.24, 2.45) is 0 Å². The molecule has 1 heterocycles. The first-order valence-corrected chi connectivity index (χ1v) is 9.62. The van der Waals surface area contributed by atoms with Crippen LogP contribution in [0.15, 0.2) is 53.9 Å². The summed E-state index contributed by atoms with van der Waals surface area (Å²) in [6, 6.07) is 10.8. The van der Waals surface area contributed by atoms with Gasteiger partial charge in [-0.05, 0) is 55.7 Å². The van der Waals surface area contributed by atoms with Crippen molar-refractivity contribution in [1.82, 2.24) is 9.55 Å². The van der Waals surface area contributed by atoms with Crippen LogP contribution in [0.3, 0.4) is 0 Å². The average Bonchev–Trinajstić information content (AvgIpc) is 3.12. The fraction of sp³-hybridized carbons (Fsp3) is 0.200. The molecule has 28 heavy (non-hydrogen) atoms. The number of hydrogen-bond donors (Lipinski definition) is 1. The Bertz CT molecular complexity index is 1050. The van der Waals surface area contributed by atoms with Crippen molar-refractivity contribution in [3.8, 4) is 5.69 Å². The van der Waals surface area contributed by atoms with E-state index in [9.17, 15) is 14.9 Å². The zero-order valence-corrected chi connectivity index (χ0v) is 16.6. The number of imidazole rings is 1. The van der Waals surface area contributed by atoms with Gasteiger partial charge in [-0.1, -0.05) is 23.9 Å². The molecule has 0 saturated carbocycles. The van der Waals surface area contributed by atoms with E-state index < -0.39 is 4.92 Å². The van der Waals surface area contributed by atoms with Crippen LogP contribution in [0, 0.1) is 30.9 Å². The normalized spacial score (nSPS) is 10.7. The minimum atomic E-state index is -0.498. The number of nitrogens with one attached hydrogen (secondary N) is 1. The molecule has 0 spiro atoms. The lowest BCUT2D eigenvalue weighted by molar-refractivity contribution is -0.384. The maximum atomic E-state index is 12.3. The molecule has 1 N–H and O–H groups in total. The number of carbonyl (C=O) groups excluding carboxylic acids is 1. The third kappa shape index (κ3) is 4.40. The second-order valence-corrected chi connectivity index (χ2v) is 7.41. The molecule has 2 aromatic carbocycles. The van der Waals surface area contributed by atoms with Crippen LogP contribution >= 0.6 is 11.8 Å². The van der Waals surface area contributed by atoms with Crippen LogP contribution < -0.4 is 5.32 Å². The summed E-state index contributed by atoms with van der Waals surface area (Å²) in [5.41, 5.74) is 4.18. The van der Waals surface area contributed by atoms with E-state index in [1.54, 1.807) is 25.3 Å². The molecule has 0 fully saturated rings. The van der Waals surface area contributed by atoms with E-state index in [1.807, 2.05) is 29.8 Å². The minimum absolute atomic E-state index is 0.0902. The largest absolute Gasteiger partial charge is 0.320 e. The summed E-state index contributed by atoms with van der Waals surface area (Å²) in [5, 5.41) is 14.5. The van der Waals surface area contributed by atoms with Gasteiger partial charge in [0.15, 0.2) is 5.16 Å². The highest BCUT2D eigenvalue weighted by Crippen LogP contribution is 2.26. The highest BCUT2D eigenvalue weighted by molar-refractivity contribution is 7.99. The molecule has 0 radical (unpaired) electrons. The highest BCUT2D eigenvalue weighted by Gasteiger charge is 2.17. The summed E-state index contributed by atoms with van der Waals surface area (Å²) in [6.07, 6.45) is 3.52.